The molecule has 2 unspecified atom stereocenters. The number of hydrogen-bond donors (Lipinski definition) is 2. The van der Waals surface area contributed by atoms with Crippen LogP contribution in [0.25, 0.3) is 0 Å². The zero-order valence-corrected chi connectivity index (χ0v) is 15.1. The Kier molecular flexibility index (Phi) is 12.3. The van der Waals surface area contributed by atoms with Gasteiger partial charge in [0.05, 0.1) is 6.61 Å². The molecule has 0 spiro atoms. The second-order valence-electron chi connectivity index (χ2n) is 5.94. The predicted octanol–water partition coefficient (Wildman–Crippen LogP) is 1.59. The molecule has 2 fully saturated rings. The third-order valence-electron chi connectivity index (χ3n) is 4.33. The van der Waals surface area contributed by atoms with E-state index in [2.05, 4.69) is 22.5 Å². The number of amides is 1. The summed E-state index contributed by atoms with van der Waals surface area (Å²) in [4.78, 5) is 14.4. The van der Waals surface area contributed by atoms with Gasteiger partial charge in [-0.05, 0) is 45.7 Å². The number of nitrogens with one attached hydrogen (secondary N) is 2. The average molecular weight is 356 g/mol. The summed E-state index contributed by atoms with van der Waals surface area (Å²) in [7, 11) is 0. The highest BCUT2D eigenvalue weighted by Crippen LogP contribution is 2.16. The van der Waals surface area contributed by atoms with E-state index in [0.717, 1.165) is 32.0 Å². The van der Waals surface area contributed by atoms with Gasteiger partial charge in [-0.15, -0.1) is 24.8 Å². The van der Waals surface area contributed by atoms with Gasteiger partial charge in [-0.1, -0.05) is 6.42 Å². The number of carbonyl (C=O) groups is 1. The highest BCUT2D eigenvalue weighted by molar-refractivity contribution is 5.85. The molecule has 22 heavy (non-hydrogen) atoms. The van der Waals surface area contributed by atoms with Crippen molar-refractivity contribution >= 4 is 30.7 Å². The lowest BCUT2D eigenvalue weighted by Gasteiger charge is -2.33. The molecule has 0 bridgehead atoms. The maximum atomic E-state index is 11.8. The molecule has 0 radical (unpaired) electrons. The van der Waals surface area contributed by atoms with Crippen LogP contribution in [0.1, 0.15) is 39.0 Å². The van der Waals surface area contributed by atoms with Gasteiger partial charge in [0.25, 0.3) is 0 Å². The zero-order chi connectivity index (χ0) is 14.2. The third kappa shape index (κ3) is 7.47. The van der Waals surface area contributed by atoms with Crippen LogP contribution in [-0.4, -0.2) is 62.3 Å². The van der Waals surface area contributed by atoms with E-state index >= 15 is 0 Å². The van der Waals surface area contributed by atoms with Crippen molar-refractivity contribution in [1.82, 2.24) is 15.5 Å². The number of likely N-dealkylation sites (tertiary alicyclic amines) is 1. The van der Waals surface area contributed by atoms with Crippen LogP contribution in [0.3, 0.4) is 0 Å². The second-order valence-corrected chi connectivity index (χ2v) is 5.94. The topological polar surface area (TPSA) is 53.6 Å². The van der Waals surface area contributed by atoms with E-state index in [1.54, 1.807) is 0 Å². The molecule has 5 nitrogen and oxygen atoms in total. The fourth-order valence-electron chi connectivity index (χ4n) is 2.99. The standard InChI is InChI=1S/C15H29N3O2.2ClH/c1-13-6-2-4-9-18(13)10-5-3-7-17-15(19)14-12-16-8-11-20-14;;/h13-14,16H,2-12H2,1H3,(H,17,19);2*1H. The Labute approximate surface area is 146 Å². The van der Waals surface area contributed by atoms with Crippen molar-refractivity contribution in [3.05, 3.63) is 0 Å². The predicted molar refractivity (Wildman–Crippen MR) is 94.2 cm³/mol. The van der Waals surface area contributed by atoms with Gasteiger partial charge in [0.15, 0.2) is 0 Å². The summed E-state index contributed by atoms with van der Waals surface area (Å²) in [6.45, 7) is 7.61. The number of carbonyl (C=O) groups excluding carboxylic acids is 1. The molecule has 0 aromatic rings. The van der Waals surface area contributed by atoms with Crippen LogP contribution < -0.4 is 10.6 Å². The zero-order valence-electron chi connectivity index (χ0n) is 13.5. The van der Waals surface area contributed by atoms with E-state index in [9.17, 15) is 4.79 Å². The van der Waals surface area contributed by atoms with E-state index in [0.29, 0.717) is 13.2 Å². The van der Waals surface area contributed by atoms with Gasteiger partial charge in [0.2, 0.25) is 5.91 Å². The van der Waals surface area contributed by atoms with E-state index in [1.807, 2.05) is 0 Å². The monoisotopic (exact) mass is 355 g/mol. The Morgan fingerprint density at radius 2 is 2.14 bits per heavy atom. The van der Waals surface area contributed by atoms with Gasteiger partial charge < -0.3 is 20.3 Å². The summed E-state index contributed by atoms with van der Waals surface area (Å²) in [5.74, 6) is 0.0311. The summed E-state index contributed by atoms with van der Waals surface area (Å²) in [5.41, 5.74) is 0. The summed E-state index contributed by atoms with van der Waals surface area (Å²) >= 11 is 0. The molecule has 2 heterocycles. The quantitative estimate of drug-likeness (QED) is 0.710. The molecule has 0 aromatic carbocycles. The molecule has 0 aliphatic carbocycles. The lowest BCUT2D eigenvalue weighted by Crippen LogP contribution is -2.48. The number of nitrogens with zero attached hydrogens (tertiary/aromatic N) is 1. The van der Waals surface area contributed by atoms with Crippen LogP contribution in [0.4, 0.5) is 0 Å². The maximum absolute atomic E-state index is 11.8. The Hall–Kier alpha value is -0.0700. The number of halogens is 2. The minimum absolute atomic E-state index is 0. The van der Waals surface area contributed by atoms with E-state index < -0.39 is 0 Å². The van der Waals surface area contributed by atoms with Crippen LogP contribution in [-0.2, 0) is 9.53 Å². The smallest absolute Gasteiger partial charge is 0.250 e. The van der Waals surface area contributed by atoms with Gasteiger partial charge in [-0.3, -0.25) is 4.79 Å². The van der Waals surface area contributed by atoms with Crippen LogP contribution in [0.5, 0.6) is 0 Å². The number of hydrogen-bond acceptors (Lipinski definition) is 4. The molecule has 0 aromatic heterocycles. The molecule has 2 aliphatic rings. The SMILES string of the molecule is CC1CCCCN1CCCCNC(=O)C1CNCCO1.Cl.Cl. The third-order valence-corrected chi connectivity index (χ3v) is 4.33. The van der Waals surface area contributed by atoms with Crippen LogP contribution in [0.15, 0.2) is 0 Å². The summed E-state index contributed by atoms with van der Waals surface area (Å²) in [6.07, 6.45) is 5.97. The fraction of sp³-hybridized carbons (Fsp3) is 0.933. The van der Waals surface area contributed by atoms with Crippen molar-refractivity contribution in [3.63, 3.8) is 0 Å². The summed E-state index contributed by atoms with van der Waals surface area (Å²) < 4.78 is 5.42. The molecule has 0 saturated carbocycles. The van der Waals surface area contributed by atoms with Crippen molar-refractivity contribution in [1.29, 1.82) is 0 Å². The minimum Gasteiger partial charge on any atom is -0.366 e. The molecule has 7 heteroatoms. The number of unbranched alkanes of at least 4 members (excludes halogenated alkanes) is 1. The Morgan fingerprint density at radius 3 is 2.82 bits per heavy atom. The van der Waals surface area contributed by atoms with Crippen LogP contribution in [0, 0.1) is 0 Å². The first-order valence-corrected chi connectivity index (χ1v) is 8.11. The number of ether oxygens (including phenoxy) is 1. The maximum Gasteiger partial charge on any atom is 0.250 e. The van der Waals surface area contributed by atoms with E-state index in [1.165, 1.54) is 32.4 Å². The largest absolute Gasteiger partial charge is 0.366 e. The van der Waals surface area contributed by atoms with Gasteiger partial charge in [0.1, 0.15) is 6.10 Å². The highest BCUT2D eigenvalue weighted by atomic mass is 35.5. The fourth-order valence-corrected chi connectivity index (χ4v) is 2.99. The molecule has 1 amide bonds. The molecule has 2 N–H and O–H groups in total. The lowest BCUT2D eigenvalue weighted by molar-refractivity contribution is -0.134. The van der Waals surface area contributed by atoms with Gasteiger partial charge >= 0.3 is 0 Å². The van der Waals surface area contributed by atoms with Crippen molar-refractivity contribution in [2.24, 2.45) is 0 Å². The van der Waals surface area contributed by atoms with Gasteiger partial charge in [-0.25, -0.2) is 0 Å². The minimum atomic E-state index is -0.300. The first-order chi connectivity index (χ1) is 9.77. The Morgan fingerprint density at radius 1 is 1.32 bits per heavy atom. The Bertz CT molecular complexity index is 303. The van der Waals surface area contributed by atoms with Gasteiger partial charge in [0, 0.05) is 25.7 Å². The molecular formula is C15H31Cl2N3O2. The van der Waals surface area contributed by atoms with E-state index in [-0.39, 0.29) is 36.8 Å². The van der Waals surface area contributed by atoms with Crippen LogP contribution in [0.2, 0.25) is 0 Å². The van der Waals surface area contributed by atoms with Crippen LogP contribution >= 0.6 is 24.8 Å². The first-order valence-electron chi connectivity index (χ1n) is 8.11. The van der Waals surface area contributed by atoms with Crippen molar-refractivity contribution in [2.75, 3.05) is 39.3 Å². The van der Waals surface area contributed by atoms with Crippen molar-refractivity contribution in [3.8, 4) is 0 Å². The normalized spacial score (nSPS) is 25.7. The molecule has 2 rings (SSSR count). The number of morpholine rings is 1. The van der Waals surface area contributed by atoms with Gasteiger partial charge in [-0.2, -0.15) is 0 Å². The molecular weight excluding hydrogens is 325 g/mol. The number of rotatable bonds is 6. The van der Waals surface area contributed by atoms with E-state index in [4.69, 9.17) is 4.74 Å². The summed E-state index contributed by atoms with van der Waals surface area (Å²) in [5, 5.41) is 6.15. The molecule has 2 aliphatic heterocycles. The second kappa shape index (κ2) is 12.4. The van der Waals surface area contributed by atoms with Crippen molar-refractivity contribution < 1.29 is 9.53 Å². The molecule has 2 saturated heterocycles. The summed E-state index contributed by atoms with van der Waals surface area (Å²) in [6, 6.07) is 0.736. The highest BCUT2D eigenvalue weighted by Gasteiger charge is 2.21. The first kappa shape index (κ1) is 21.9. The average Bonchev–Trinajstić information content (AvgIpc) is 2.49. The Balaban J connectivity index is 0.00000220. The van der Waals surface area contributed by atoms with Crippen molar-refractivity contribution in [2.45, 2.75) is 51.2 Å². The number of piperidine rings is 1. The molecule has 132 valence electrons. The lowest BCUT2D eigenvalue weighted by atomic mass is 10.0. The molecule has 2 atom stereocenters.